The van der Waals surface area contributed by atoms with Crippen molar-refractivity contribution in [2.75, 3.05) is 25.0 Å². The van der Waals surface area contributed by atoms with Crippen molar-refractivity contribution in [2.24, 2.45) is 0 Å². The van der Waals surface area contributed by atoms with Crippen LogP contribution in [0.2, 0.25) is 0 Å². The second kappa shape index (κ2) is 9.33. The van der Waals surface area contributed by atoms with Crippen LogP contribution in [0.15, 0.2) is 35.7 Å². The molecule has 1 aromatic heterocycles. The lowest BCUT2D eigenvalue weighted by Crippen LogP contribution is -2.46. The van der Waals surface area contributed by atoms with Gasteiger partial charge in [-0.25, -0.2) is 0 Å². The van der Waals surface area contributed by atoms with Crippen LogP contribution in [0, 0.1) is 10.1 Å². The first-order valence-corrected chi connectivity index (χ1v) is 10.3. The van der Waals surface area contributed by atoms with Crippen molar-refractivity contribution in [1.82, 2.24) is 10.2 Å². The monoisotopic (exact) mass is 456 g/mol. The molecule has 0 bridgehead atoms. The fourth-order valence-corrected chi connectivity index (χ4v) is 4.01. The molecule has 8 nitrogen and oxygen atoms in total. The highest BCUT2D eigenvalue weighted by molar-refractivity contribution is 7.12. The highest BCUT2D eigenvalue weighted by atomic mass is 32.1. The fraction of sp³-hybridized carbons (Fsp3) is 0.368. The Morgan fingerprint density at radius 2 is 2.03 bits per heavy atom. The van der Waals surface area contributed by atoms with Crippen molar-refractivity contribution in [3.05, 3.63) is 56.3 Å². The lowest BCUT2D eigenvalue weighted by molar-refractivity contribution is -0.384. The van der Waals surface area contributed by atoms with Crippen molar-refractivity contribution in [3.63, 3.8) is 0 Å². The number of alkyl halides is 3. The molecule has 0 aliphatic carbocycles. The van der Waals surface area contributed by atoms with Crippen molar-refractivity contribution in [3.8, 4) is 0 Å². The quantitative estimate of drug-likeness (QED) is 0.377. The van der Waals surface area contributed by atoms with Gasteiger partial charge in [0.25, 0.3) is 11.6 Å². The zero-order valence-corrected chi connectivity index (χ0v) is 17.0. The van der Waals surface area contributed by atoms with Crippen LogP contribution >= 0.6 is 11.3 Å². The Balaban J connectivity index is 1.55. The third-order valence-corrected chi connectivity index (χ3v) is 5.67. The van der Waals surface area contributed by atoms with Crippen LogP contribution in [0.25, 0.3) is 0 Å². The third-order valence-electron chi connectivity index (χ3n) is 4.81. The fourth-order valence-electron chi connectivity index (χ4n) is 3.33. The van der Waals surface area contributed by atoms with Gasteiger partial charge in [0.15, 0.2) is 0 Å². The first-order chi connectivity index (χ1) is 14.7. The van der Waals surface area contributed by atoms with Gasteiger partial charge in [0.2, 0.25) is 5.91 Å². The molecule has 0 saturated carbocycles. The first-order valence-electron chi connectivity index (χ1n) is 9.40. The summed E-state index contributed by atoms with van der Waals surface area (Å²) < 4.78 is 38.3. The highest BCUT2D eigenvalue weighted by Gasteiger charge is 2.35. The smallest absolute Gasteiger partial charge is 0.378 e. The molecule has 0 unspecified atom stereocenters. The maximum absolute atomic E-state index is 12.8. The van der Waals surface area contributed by atoms with Gasteiger partial charge < -0.3 is 15.5 Å². The summed E-state index contributed by atoms with van der Waals surface area (Å²) in [7, 11) is 0. The number of amides is 2. The maximum atomic E-state index is 12.8. The molecule has 1 aliphatic rings. The average molecular weight is 456 g/mol. The van der Waals surface area contributed by atoms with E-state index in [9.17, 15) is 32.9 Å². The molecule has 2 heterocycles. The molecule has 1 saturated heterocycles. The molecule has 166 valence electrons. The number of nitro groups is 1. The number of likely N-dealkylation sites (tertiary alicyclic amines) is 1. The maximum Gasteiger partial charge on any atom is 0.416 e. The Labute approximate surface area is 179 Å². The number of carbonyl (C=O) groups excluding carboxylic acids is 2. The summed E-state index contributed by atoms with van der Waals surface area (Å²) in [5, 5.41) is 18.2. The van der Waals surface area contributed by atoms with Crippen LogP contribution < -0.4 is 10.6 Å². The Morgan fingerprint density at radius 1 is 1.26 bits per heavy atom. The minimum absolute atomic E-state index is 0.0591. The SMILES string of the molecule is O=C(NCCNc1ccc(C(F)(F)F)cc1[N+](=O)[O-])[C@@H]1CCCN1C(=O)c1cccs1. The first kappa shape index (κ1) is 22.5. The third kappa shape index (κ3) is 5.32. The van der Waals surface area contributed by atoms with Gasteiger partial charge in [-0.3, -0.25) is 19.7 Å². The van der Waals surface area contributed by atoms with E-state index >= 15 is 0 Å². The van der Waals surface area contributed by atoms with E-state index in [2.05, 4.69) is 10.6 Å². The number of nitrogens with zero attached hydrogens (tertiary/aromatic N) is 2. The molecule has 1 aliphatic heterocycles. The lowest BCUT2D eigenvalue weighted by Gasteiger charge is -2.23. The van der Waals surface area contributed by atoms with Gasteiger partial charge in [-0.1, -0.05) is 6.07 Å². The summed E-state index contributed by atoms with van der Waals surface area (Å²) >= 11 is 1.30. The Morgan fingerprint density at radius 3 is 2.68 bits per heavy atom. The summed E-state index contributed by atoms with van der Waals surface area (Å²) in [5.74, 6) is -0.544. The van der Waals surface area contributed by atoms with Gasteiger partial charge in [0, 0.05) is 25.7 Å². The zero-order chi connectivity index (χ0) is 22.6. The second-order valence-electron chi connectivity index (χ2n) is 6.84. The summed E-state index contributed by atoms with van der Waals surface area (Å²) in [4.78, 5) is 37.3. The molecular weight excluding hydrogens is 437 g/mol. The molecule has 0 spiro atoms. The number of anilines is 1. The van der Waals surface area contributed by atoms with Gasteiger partial charge in [-0.15, -0.1) is 11.3 Å². The standard InChI is InChI=1S/C19H19F3N4O4S/c20-19(21,22)12-5-6-13(15(11-12)26(29)30)23-7-8-24-17(27)14-3-1-9-25(14)18(28)16-4-2-10-31-16/h2,4-6,10-11,14,23H,1,3,7-9H2,(H,24,27)/t14-/m0/s1. The van der Waals surface area contributed by atoms with Gasteiger partial charge in [-0.2, -0.15) is 13.2 Å². The number of hydrogen-bond donors (Lipinski definition) is 2. The number of carbonyl (C=O) groups is 2. The van der Waals surface area contributed by atoms with E-state index in [0.29, 0.717) is 30.3 Å². The van der Waals surface area contributed by atoms with Crippen LogP contribution in [0.5, 0.6) is 0 Å². The summed E-state index contributed by atoms with van der Waals surface area (Å²) in [6, 6.07) is 5.06. The molecule has 2 aromatic rings. The van der Waals surface area contributed by atoms with Crippen molar-refractivity contribution >= 4 is 34.5 Å². The van der Waals surface area contributed by atoms with Crippen LogP contribution in [-0.2, 0) is 11.0 Å². The largest absolute Gasteiger partial charge is 0.416 e. The van der Waals surface area contributed by atoms with Gasteiger partial charge >= 0.3 is 6.18 Å². The highest BCUT2D eigenvalue weighted by Crippen LogP contribution is 2.34. The van der Waals surface area contributed by atoms with Crippen LogP contribution in [0.3, 0.4) is 0 Å². The van der Waals surface area contributed by atoms with Crippen molar-refractivity contribution in [1.29, 1.82) is 0 Å². The Hall–Kier alpha value is -3.15. The van der Waals surface area contributed by atoms with E-state index in [1.165, 1.54) is 16.2 Å². The molecule has 0 radical (unpaired) electrons. The van der Waals surface area contributed by atoms with E-state index in [0.717, 1.165) is 12.1 Å². The minimum atomic E-state index is -4.69. The van der Waals surface area contributed by atoms with Crippen LogP contribution in [-0.4, -0.2) is 47.3 Å². The van der Waals surface area contributed by atoms with Gasteiger partial charge in [-0.05, 0) is 36.4 Å². The summed E-state index contributed by atoms with van der Waals surface area (Å²) in [6.45, 7) is 0.614. The average Bonchev–Trinajstić information content (AvgIpc) is 3.41. The molecule has 2 amide bonds. The summed E-state index contributed by atoms with van der Waals surface area (Å²) in [5.41, 5.74) is -1.90. The normalized spacial score (nSPS) is 16.2. The Bertz CT molecular complexity index is 966. The molecule has 1 atom stereocenters. The van der Waals surface area contributed by atoms with E-state index in [-0.39, 0.29) is 30.6 Å². The molecule has 1 aromatic carbocycles. The molecular formula is C19H19F3N4O4S. The summed E-state index contributed by atoms with van der Waals surface area (Å²) in [6.07, 6.45) is -3.46. The number of hydrogen-bond acceptors (Lipinski definition) is 6. The van der Waals surface area contributed by atoms with E-state index in [4.69, 9.17) is 0 Å². The number of nitro benzene ring substituents is 1. The number of nitrogens with one attached hydrogen (secondary N) is 2. The lowest BCUT2D eigenvalue weighted by atomic mass is 10.1. The number of thiophene rings is 1. The predicted molar refractivity (Wildman–Crippen MR) is 108 cm³/mol. The molecule has 1 fully saturated rings. The van der Waals surface area contributed by atoms with E-state index in [1.54, 1.807) is 17.5 Å². The molecule has 2 N–H and O–H groups in total. The van der Waals surface area contributed by atoms with Crippen LogP contribution in [0.4, 0.5) is 24.5 Å². The van der Waals surface area contributed by atoms with Crippen LogP contribution in [0.1, 0.15) is 28.1 Å². The van der Waals surface area contributed by atoms with Gasteiger partial charge in [0.05, 0.1) is 15.4 Å². The number of benzene rings is 1. The van der Waals surface area contributed by atoms with E-state index < -0.39 is 28.4 Å². The Kier molecular flexibility index (Phi) is 6.78. The molecule has 3 rings (SSSR count). The zero-order valence-electron chi connectivity index (χ0n) is 16.1. The number of halogens is 3. The second-order valence-corrected chi connectivity index (χ2v) is 7.79. The van der Waals surface area contributed by atoms with Crippen molar-refractivity contribution < 1.29 is 27.7 Å². The van der Waals surface area contributed by atoms with Gasteiger partial charge in [0.1, 0.15) is 11.7 Å². The molecule has 31 heavy (non-hydrogen) atoms. The topological polar surface area (TPSA) is 105 Å². The number of rotatable bonds is 7. The van der Waals surface area contributed by atoms with Crippen molar-refractivity contribution in [2.45, 2.75) is 25.1 Å². The molecule has 12 heteroatoms. The van der Waals surface area contributed by atoms with E-state index in [1.807, 2.05) is 0 Å². The minimum Gasteiger partial charge on any atom is -0.378 e. The predicted octanol–water partition coefficient (Wildman–Crippen LogP) is 3.51.